The van der Waals surface area contributed by atoms with Crippen LogP contribution in [0.4, 0.5) is 5.69 Å². The van der Waals surface area contributed by atoms with Crippen LogP contribution in [0.5, 0.6) is 0 Å². The van der Waals surface area contributed by atoms with E-state index in [1.807, 2.05) is 30.3 Å². The fourth-order valence-corrected chi connectivity index (χ4v) is 2.36. The summed E-state index contributed by atoms with van der Waals surface area (Å²) in [5.74, 6) is 0.228. The average molecular weight is 323 g/mol. The molecule has 24 heavy (non-hydrogen) atoms. The van der Waals surface area contributed by atoms with Crippen molar-refractivity contribution in [3.05, 3.63) is 59.6 Å². The van der Waals surface area contributed by atoms with Gasteiger partial charge in [-0.25, -0.2) is 0 Å². The van der Waals surface area contributed by atoms with Crippen LogP contribution in [0.15, 0.2) is 52.7 Å². The highest BCUT2D eigenvalue weighted by Crippen LogP contribution is 2.16. The Bertz CT molecular complexity index is 721. The second kappa shape index (κ2) is 8.59. The minimum Gasteiger partial charge on any atom is -0.467 e. The number of nitrogens with one attached hydrogen (secondary N) is 1. The number of amides is 1. The molecule has 0 aliphatic carbocycles. The first-order chi connectivity index (χ1) is 11.7. The summed E-state index contributed by atoms with van der Waals surface area (Å²) < 4.78 is 5.15. The Balaban J connectivity index is 2.06. The molecule has 0 spiro atoms. The fraction of sp³-hybridized carbons (Fsp3) is 0.263. The number of carbonyl (C=O) groups excluding carboxylic acids is 1. The van der Waals surface area contributed by atoms with Gasteiger partial charge < -0.3 is 14.6 Å². The Kier molecular flexibility index (Phi) is 6.21. The van der Waals surface area contributed by atoms with Crippen LogP contribution in [0.2, 0.25) is 0 Å². The Morgan fingerprint density at radius 3 is 2.50 bits per heavy atom. The van der Waals surface area contributed by atoms with Gasteiger partial charge >= 0.3 is 0 Å². The van der Waals surface area contributed by atoms with Crippen LogP contribution < -0.4 is 10.2 Å². The SMILES string of the molecule is CCN(CC)c1ccc(C=C(C#N)C(=O)NCc2ccco2)cc1. The first kappa shape index (κ1) is 17.4. The minimum atomic E-state index is -0.415. The van der Waals surface area contributed by atoms with Crippen LogP contribution >= 0.6 is 0 Å². The summed E-state index contributed by atoms with van der Waals surface area (Å²) in [6, 6.07) is 13.3. The number of furan rings is 1. The number of nitrogens with zero attached hydrogens (tertiary/aromatic N) is 2. The predicted molar refractivity (Wildman–Crippen MR) is 94.1 cm³/mol. The van der Waals surface area contributed by atoms with E-state index >= 15 is 0 Å². The number of hydrogen-bond donors (Lipinski definition) is 1. The maximum atomic E-state index is 12.1. The molecular formula is C19H21N3O2. The zero-order valence-corrected chi connectivity index (χ0v) is 14.0. The first-order valence-corrected chi connectivity index (χ1v) is 7.95. The van der Waals surface area contributed by atoms with Gasteiger partial charge in [0.2, 0.25) is 0 Å². The second-order valence-electron chi connectivity index (χ2n) is 5.20. The monoisotopic (exact) mass is 323 g/mol. The van der Waals surface area contributed by atoms with E-state index in [4.69, 9.17) is 4.42 Å². The van der Waals surface area contributed by atoms with Crippen molar-refractivity contribution in [3.63, 3.8) is 0 Å². The molecule has 5 nitrogen and oxygen atoms in total. The van der Waals surface area contributed by atoms with Crippen LogP contribution in [0.1, 0.15) is 25.2 Å². The summed E-state index contributed by atoms with van der Waals surface area (Å²) in [6.45, 7) is 6.34. The second-order valence-corrected chi connectivity index (χ2v) is 5.20. The molecule has 0 aliphatic heterocycles. The fourth-order valence-electron chi connectivity index (χ4n) is 2.36. The molecular weight excluding hydrogens is 302 g/mol. The van der Waals surface area contributed by atoms with E-state index in [-0.39, 0.29) is 12.1 Å². The van der Waals surface area contributed by atoms with Crippen molar-refractivity contribution >= 4 is 17.7 Å². The molecule has 0 saturated carbocycles. The van der Waals surface area contributed by atoms with E-state index in [0.717, 1.165) is 24.3 Å². The Morgan fingerprint density at radius 2 is 1.96 bits per heavy atom. The summed E-state index contributed by atoms with van der Waals surface area (Å²) in [7, 11) is 0. The molecule has 0 saturated heterocycles. The maximum absolute atomic E-state index is 12.1. The molecule has 1 amide bonds. The van der Waals surface area contributed by atoms with E-state index in [1.54, 1.807) is 24.5 Å². The number of rotatable bonds is 7. The maximum Gasteiger partial charge on any atom is 0.262 e. The molecule has 0 aliphatic rings. The molecule has 0 unspecified atom stereocenters. The largest absolute Gasteiger partial charge is 0.467 e. The lowest BCUT2D eigenvalue weighted by Crippen LogP contribution is -2.23. The van der Waals surface area contributed by atoms with Crippen LogP contribution in [0, 0.1) is 11.3 Å². The molecule has 1 heterocycles. The van der Waals surface area contributed by atoms with Crippen LogP contribution in [0.25, 0.3) is 6.08 Å². The molecule has 0 fully saturated rings. The van der Waals surface area contributed by atoms with Crippen molar-refractivity contribution in [1.82, 2.24) is 5.32 Å². The van der Waals surface area contributed by atoms with E-state index in [2.05, 4.69) is 24.1 Å². The van der Waals surface area contributed by atoms with Gasteiger partial charge in [0.1, 0.15) is 17.4 Å². The lowest BCUT2D eigenvalue weighted by atomic mass is 10.1. The lowest BCUT2D eigenvalue weighted by molar-refractivity contribution is -0.117. The van der Waals surface area contributed by atoms with Crippen LogP contribution in [0.3, 0.4) is 0 Å². The highest BCUT2D eigenvalue weighted by molar-refractivity contribution is 6.01. The molecule has 1 aromatic carbocycles. The van der Waals surface area contributed by atoms with Gasteiger partial charge in [-0.3, -0.25) is 4.79 Å². The minimum absolute atomic E-state index is 0.0668. The van der Waals surface area contributed by atoms with E-state index < -0.39 is 5.91 Å². The van der Waals surface area contributed by atoms with Crippen molar-refractivity contribution in [1.29, 1.82) is 5.26 Å². The number of carbonyl (C=O) groups is 1. The molecule has 0 atom stereocenters. The number of hydrogen-bond acceptors (Lipinski definition) is 4. The highest BCUT2D eigenvalue weighted by atomic mass is 16.3. The van der Waals surface area contributed by atoms with Gasteiger partial charge in [0.05, 0.1) is 12.8 Å². The smallest absolute Gasteiger partial charge is 0.262 e. The summed E-state index contributed by atoms with van der Waals surface area (Å²) in [5, 5.41) is 11.9. The van der Waals surface area contributed by atoms with Gasteiger partial charge in [0.15, 0.2) is 0 Å². The number of anilines is 1. The highest BCUT2D eigenvalue weighted by Gasteiger charge is 2.09. The van der Waals surface area contributed by atoms with Crippen molar-refractivity contribution < 1.29 is 9.21 Å². The Labute approximate surface area is 142 Å². The first-order valence-electron chi connectivity index (χ1n) is 7.95. The topological polar surface area (TPSA) is 69.3 Å². The average Bonchev–Trinajstić information content (AvgIpc) is 3.13. The van der Waals surface area contributed by atoms with Crippen LogP contribution in [-0.2, 0) is 11.3 Å². The molecule has 124 valence electrons. The molecule has 5 heteroatoms. The molecule has 1 aromatic heterocycles. The van der Waals surface area contributed by atoms with Gasteiger partial charge in [-0.2, -0.15) is 5.26 Å². The van der Waals surface area contributed by atoms with E-state index in [0.29, 0.717) is 5.76 Å². The van der Waals surface area contributed by atoms with Crippen LogP contribution in [-0.4, -0.2) is 19.0 Å². The third kappa shape index (κ3) is 4.50. The third-order valence-corrected chi connectivity index (χ3v) is 3.70. The molecule has 0 radical (unpaired) electrons. The zero-order valence-electron chi connectivity index (χ0n) is 14.0. The molecule has 0 bridgehead atoms. The summed E-state index contributed by atoms with van der Waals surface area (Å²) in [6.07, 6.45) is 3.13. The summed E-state index contributed by atoms with van der Waals surface area (Å²) in [4.78, 5) is 14.3. The third-order valence-electron chi connectivity index (χ3n) is 3.70. The normalized spacial score (nSPS) is 11.0. The number of benzene rings is 1. The lowest BCUT2D eigenvalue weighted by Gasteiger charge is -2.20. The molecule has 2 rings (SSSR count). The van der Waals surface area contributed by atoms with Gasteiger partial charge in [-0.15, -0.1) is 0 Å². The van der Waals surface area contributed by atoms with Gasteiger partial charge in [0, 0.05) is 18.8 Å². The zero-order chi connectivity index (χ0) is 17.4. The standard InChI is InChI=1S/C19H21N3O2/c1-3-22(4-2)17-9-7-15(8-10-17)12-16(13-20)19(23)21-14-18-6-5-11-24-18/h5-12H,3-4,14H2,1-2H3,(H,21,23). The van der Waals surface area contributed by atoms with Crippen molar-refractivity contribution in [2.45, 2.75) is 20.4 Å². The van der Waals surface area contributed by atoms with Crippen molar-refractivity contribution in [2.75, 3.05) is 18.0 Å². The molecule has 1 N–H and O–H groups in total. The predicted octanol–water partition coefficient (Wildman–Crippen LogP) is 3.35. The summed E-state index contributed by atoms with van der Waals surface area (Å²) in [5.41, 5.74) is 2.01. The van der Waals surface area contributed by atoms with Crippen molar-refractivity contribution in [2.24, 2.45) is 0 Å². The van der Waals surface area contributed by atoms with Crippen molar-refractivity contribution in [3.8, 4) is 6.07 Å². The van der Waals surface area contributed by atoms with Gasteiger partial charge in [-0.05, 0) is 49.8 Å². The van der Waals surface area contributed by atoms with E-state index in [1.165, 1.54) is 0 Å². The van der Waals surface area contributed by atoms with Gasteiger partial charge in [-0.1, -0.05) is 12.1 Å². The Morgan fingerprint density at radius 1 is 1.25 bits per heavy atom. The number of nitriles is 1. The molecule has 2 aromatic rings. The summed E-state index contributed by atoms with van der Waals surface area (Å²) >= 11 is 0. The Hall–Kier alpha value is -3.00. The van der Waals surface area contributed by atoms with E-state index in [9.17, 15) is 10.1 Å². The van der Waals surface area contributed by atoms with Gasteiger partial charge in [0.25, 0.3) is 5.91 Å². The quantitative estimate of drug-likeness (QED) is 0.626.